The first-order chi connectivity index (χ1) is 9.59. The minimum absolute atomic E-state index is 0.162. The number of carboxylic acid groups (broad SMARTS) is 1. The molecule has 0 aromatic carbocycles. The SMILES string of the molecule is CC1CCCCCN1C(=O)NC(C(=O)O)c1cccs1. The lowest BCUT2D eigenvalue weighted by Gasteiger charge is -2.28. The summed E-state index contributed by atoms with van der Waals surface area (Å²) in [5.41, 5.74) is 0. The van der Waals surface area contributed by atoms with Crippen LogP contribution in [0.5, 0.6) is 0 Å². The van der Waals surface area contributed by atoms with Gasteiger partial charge in [0.2, 0.25) is 0 Å². The molecule has 1 aliphatic heterocycles. The van der Waals surface area contributed by atoms with E-state index in [1.54, 1.807) is 17.0 Å². The molecule has 1 aliphatic rings. The zero-order chi connectivity index (χ0) is 14.5. The minimum atomic E-state index is -1.02. The minimum Gasteiger partial charge on any atom is -0.479 e. The van der Waals surface area contributed by atoms with Gasteiger partial charge in [0, 0.05) is 17.5 Å². The van der Waals surface area contributed by atoms with E-state index >= 15 is 0 Å². The number of carbonyl (C=O) groups is 2. The van der Waals surface area contributed by atoms with Crippen molar-refractivity contribution >= 4 is 23.3 Å². The number of nitrogens with zero attached hydrogens (tertiary/aromatic N) is 1. The summed E-state index contributed by atoms with van der Waals surface area (Å²) in [6.45, 7) is 2.72. The highest BCUT2D eigenvalue weighted by Gasteiger charge is 2.28. The lowest BCUT2D eigenvalue weighted by Crippen LogP contribution is -2.47. The van der Waals surface area contributed by atoms with E-state index < -0.39 is 12.0 Å². The van der Waals surface area contributed by atoms with Gasteiger partial charge >= 0.3 is 12.0 Å². The van der Waals surface area contributed by atoms with Crippen molar-refractivity contribution in [2.45, 2.75) is 44.7 Å². The number of aliphatic carboxylic acids is 1. The monoisotopic (exact) mass is 296 g/mol. The van der Waals surface area contributed by atoms with Crippen LogP contribution >= 0.6 is 11.3 Å². The molecule has 0 radical (unpaired) electrons. The van der Waals surface area contributed by atoms with Gasteiger partial charge in [-0.25, -0.2) is 9.59 Å². The fourth-order valence-corrected chi connectivity index (χ4v) is 3.26. The van der Waals surface area contributed by atoms with E-state index in [0.29, 0.717) is 11.4 Å². The molecule has 0 spiro atoms. The van der Waals surface area contributed by atoms with E-state index in [9.17, 15) is 14.7 Å². The molecule has 20 heavy (non-hydrogen) atoms. The average molecular weight is 296 g/mol. The molecule has 2 rings (SSSR count). The van der Waals surface area contributed by atoms with E-state index in [4.69, 9.17) is 0 Å². The number of likely N-dealkylation sites (tertiary alicyclic amines) is 1. The van der Waals surface area contributed by atoms with Crippen LogP contribution in [0, 0.1) is 0 Å². The predicted molar refractivity (Wildman–Crippen MR) is 77.9 cm³/mol. The van der Waals surface area contributed by atoms with Crippen molar-refractivity contribution in [1.29, 1.82) is 0 Å². The Labute approximate surface area is 122 Å². The van der Waals surface area contributed by atoms with Crippen LogP contribution in [0.15, 0.2) is 17.5 Å². The van der Waals surface area contributed by atoms with Crippen LogP contribution in [-0.2, 0) is 4.79 Å². The molecule has 2 unspecified atom stereocenters. The van der Waals surface area contributed by atoms with Crippen LogP contribution in [-0.4, -0.2) is 34.6 Å². The Kier molecular flexibility index (Phi) is 5.00. The first-order valence-electron chi connectivity index (χ1n) is 6.93. The normalized spacial score (nSPS) is 21.1. The first kappa shape index (κ1) is 14.8. The summed E-state index contributed by atoms with van der Waals surface area (Å²) in [7, 11) is 0. The molecule has 6 heteroatoms. The van der Waals surface area contributed by atoms with Gasteiger partial charge in [0.1, 0.15) is 0 Å². The Morgan fingerprint density at radius 3 is 2.90 bits per heavy atom. The molecule has 2 atom stereocenters. The number of rotatable bonds is 3. The molecule has 0 aliphatic carbocycles. The molecule has 1 aromatic rings. The Balaban J connectivity index is 2.06. The van der Waals surface area contributed by atoms with Gasteiger partial charge in [-0.2, -0.15) is 0 Å². The van der Waals surface area contributed by atoms with Crippen molar-refractivity contribution in [2.24, 2.45) is 0 Å². The molecule has 110 valence electrons. The third-order valence-corrected chi connectivity index (χ3v) is 4.59. The largest absolute Gasteiger partial charge is 0.479 e. The third-order valence-electron chi connectivity index (χ3n) is 3.66. The van der Waals surface area contributed by atoms with Crippen molar-refractivity contribution in [3.05, 3.63) is 22.4 Å². The van der Waals surface area contributed by atoms with Crippen molar-refractivity contribution in [1.82, 2.24) is 10.2 Å². The molecular weight excluding hydrogens is 276 g/mol. The Morgan fingerprint density at radius 2 is 2.25 bits per heavy atom. The van der Waals surface area contributed by atoms with E-state index in [0.717, 1.165) is 25.7 Å². The van der Waals surface area contributed by atoms with Crippen molar-refractivity contribution in [2.75, 3.05) is 6.54 Å². The van der Waals surface area contributed by atoms with Gasteiger partial charge in [0.15, 0.2) is 6.04 Å². The van der Waals surface area contributed by atoms with Gasteiger partial charge in [-0.05, 0) is 31.2 Å². The second-order valence-electron chi connectivity index (χ2n) is 5.13. The van der Waals surface area contributed by atoms with Gasteiger partial charge in [0.25, 0.3) is 0 Å². The fourth-order valence-electron chi connectivity index (χ4n) is 2.49. The summed E-state index contributed by atoms with van der Waals surface area (Å²) >= 11 is 1.34. The summed E-state index contributed by atoms with van der Waals surface area (Å²) in [4.78, 5) is 26.1. The van der Waals surface area contributed by atoms with Crippen LogP contribution in [0.4, 0.5) is 4.79 Å². The van der Waals surface area contributed by atoms with Gasteiger partial charge in [-0.3, -0.25) is 0 Å². The van der Waals surface area contributed by atoms with Crippen LogP contribution in [0.25, 0.3) is 0 Å². The van der Waals surface area contributed by atoms with E-state index in [1.807, 2.05) is 12.3 Å². The molecule has 1 saturated heterocycles. The maximum absolute atomic E-state index is 12.3. The Hall–Kier alpha value is -1.56. The lowest BCUT2D eigenvalue weighted by molar-refractivity contribution is -0.139. The van der Waals surface area contributed by atoms with Gasteiger partial charge in [0.05, 0.1) is 0 Å². The third kappa shape index (κ3) is 3.50. The molecule has 1 fully saturated rings. The molecule has 2 N–H and O–H groups in total. The zero-order valence-electron chi connectivity index (χ0n) is 11.5. The molecule has 2 amide bonds. The maximum Gasteiger partial charge on any atom is 0.331 e. The molecule has 1 aromatic heterocycles. The number of hydrogen-bond donors (Lipinski definition) is 2. The topological polar surface area (TPSA) is 69.6 Å². The highest BCUT2D eigenvalue weighted by molar-refractivity contribution is 7.10. The second kappa shape index (κ2) is 6.74. The number of carboxylic acids is 1. The molecule has 0 saturated carbocycles. The number of thiophene rings is 1. The van der Waals surface area contributed by atoms with E-state index in [-0.39, 0.29) is 12.1 Å². The van der Waals surface area contributed by atoms with Crippen LogP contribution in [0.1, 0.15) is 43.5 Å². The lowest BCUT2D eigenvalue weighted by atomic mass is 10.1. The second-order valence-corrected chi connectivity index (χ2v) is 6.11. The average Bonchev–Trinajstić information content (AvgIpc) is 2.84. The van der Waals surface area contributed by atoms with Crippen molar-refractivity contribution in [3.8, 4) is 0 Å². The van der Waals surface area contributed by atoms with Crippen molar-refractivity contribution < 1.29 is 14.7 Å². The number of urea groups is 1. The number of carbonyl (C=O) groups excluding carboxylic acids is 1. The number of hydrogen-bond acceptors (Lipinski definition) is 3. The maximum atomic E-state index is 12.3. The van der Waals surface area contributed by atoms with Gasteiger partial charge in [-0.15, -0.1) is 11.3 Å². The summed E-state index contributed by atoms with van der Waals surface area (Å²) < 4.78 is 0. The van der Waals surface area contributed by atoms with Gasteiger partial charge < -0.3 is 15.3 Å². The number of nitrogens with one attached hydrogen (secondary N) is 1. The standard InChI is InChI=1S/C14H20N2O3S/c1-10-6-3-2-4-8-16(10)14(19)15-12(13(17)18)11-7-5-9-20-11/h5,7,9-10,12H,2-4,6,8H2,1H3,(H,15,19)(H,17,18). The summed E-state index contributed by atoms with van der Waals surface area (Å²) in [5.74, 6) is -1.02. The molecule has 0 bridgehead atoms. The molecule has 5 nitrogen and oxygen atoms in total. The summed E-state index contributed by atoms with van der Waals surface area (Å²) in [5, 5.41) is 13.7. The van der Waals surface area contributed by atoms with Crippen LogP contribution in [0.2, 0.25) is 0 Å². The summed E-state index contributed by atoms with van der Waals surface area (Å²) in [6.07, 6.45) is 4.21. The van der Waals surface area contributed by atoms with Gasteiger partial charge in [-0.1, -0.05) is 18.9 Å². The Bertz CT molecular complexity index is 461. The molecular formula is C14H20N2O3S. The van der Waals surface area contributed by atoms with E-state index in [1.165, 1.54) is 11.3 Å². The van der Waals surface area contributed by atoms with Crippen LogP contribution in [0.3, 0.4) is 0 Å². The van der Waals surface area contributed by atoms with Crippen molar-refractivity contribution in [3.63, 3.8) is 0 Å². The first-order valence-corrected chi connectivity index (χ1v) is 7.81. The highest BCUT2D eigenvalue weighted by Crippen LogP contribution is 2.21. The Morgan fingerprint density at radius 1 is 1.45 bits per heavy atom. The summed E-state index contributed by atoms with van der Waals surface area (Å²) in [6, 6.07) is 2.44. The smallest absolute Gasteiger partial charge is 0.331 e. The quantitative estimate of drug-likeness (QED) is 0.901. The predicted octanol–water partition coefficient (Wildman–Crippen LogP) is 2.85. The van der Waals surface area contributed by atoms with E-state index in [2.05, 4.69) is 5.32 Å². The number of amides is 2. The zero-order valence-corrected chi connectivity index (χ0v) is 12.4. The molecule has 2 heterocycles. The fraction of sp³-hybridized carbons (Fsp3) is 0.571. The highest BCUT2D eigenvalue weighted by atomic mass is 32.1. The van der Waals surface area contributed by atoms with Crippen LogP contribution < -0.4 is 5.32 Å².